The number of pyridine rings is 1. The highest BCUT2D eigenvalue weighted by atomic mass is 35.5. The Balaban J connectivity index is 1.62. The van der Waals surface area contributed by atoms with Crippen molar-refractivity contribution in [3.8, 4) is 0 Å². The van der Waals surface area contributed by atoms with Gasteiger partial charge in [0.05, 0.1) is 28.6 Å². The number of amides is 1. The molecular formula is C22H17ClFN3O5S. The maximum Gasteiger partial charge on any atom is 0.257 e. The second kappa shape index (κ2) is 9.18. The summed E-state index contributed by atoms with van der Waals surface area (Å²) in [5.41, 5.74) is -0.542. The van der Waals surface area contributed by atoms with Crippen molar-refractivity contribution in [2.24, 2.45) is 0 Å². The number of halogens is 2. The number of fused-ring (bicyclic) bond motifs is 1. The largest absolute Gasteiger partial charge is 0.468 e. The number of furan rings is 1. The minimum atomic E-state index is -4.16. The number of carbonyl (C=O) groups is 1. The molecule has 8 nitrogen and oxygen atoms in total. The van der Waals surface area contributed by atoms with Crippen molar-refractivity contribution >= 4 is 38.4 Å². The van der Waals surface area contributed by atoms with Crippen LogP contribution in [-0.2, 0) is 23.1 Å². The quantitative estimate of drug-likeness (QED) is 0.367. The lowest BCUT2D eigenvalue weighted by Gasteiger charge is -2.09. The van der Waals surface area contributed by atoms with Gasteiger partial charge in [0.25, 0.3) is 5.91 Å². The summed E-state index contributed by atoms with van der Waals surface area (Å²) in [5, 5.41) is 2.87. The lowest BCUT2D eigenvalue weighted by Crippen LogP contribution is -2.29. The Labute approximate surface area is 192 Å². The van der Waals surface area contributed by atoms with Crippen molar-refractivity contribution in [3.63, 3.8) is 0 Å². The van der Waals surface area contributed by atoms with E-state index in [9.17, 15) is 22.4 Å². The molecule has 0 bridgehead atoms. The molecule has 0 aliphatic rings. The monoisotopic (exact) mass is 489 g/mol. The summed E-state index contributed by atoms with van der Waals surface area (Å²) in [7, 11) is -4.16. The van der Waals surface area contributed by atoms with Crippen LogP contribution in [0.2, 0.25) is 5.02 Å². The average molecular weight is 490 g/mol. The molecule has 2 heterocycles. The molecule has 0 unspecified atom stereocenters. The van der Waals surface area contributed by atoms with E-state index in [4.69, 9.17) is 16.0 Å². The van der Waals surface area contributed by atoms with Crippen LogP contribution in [0.4, 0.5) is 4.39 Å². The minimum Gasteiger partial charge on any atom is -0.468 e. The number of hydrogen-bond donors (Lipinski definition) is 3. The van der Waals surface area contributed by atoms with Crippen LogP contribution in [-0.4, -0.2) is 19.3 Å². The lowest BCUT2D eigenvalue weighted by atomic mass is 10.1. The first-order valence-corrected chi connectivity index (χ1v) is 11.5. The molecule has 1 amide bonds. The Morgan fingerprint density at radius 3 is 2.58 bits per heavy atom. The van der Waals surface area contributed by atoms with Crippen LogP contribution in [0.15, 0.2) is 75.1 Å². The van der Waals surface area contributed by atoms with Gasteiger partial charge in [-0.2, -0.15) is 0 Å². The first kappa shape index (κ1) is 22.7. The highest BCUT2D eigenvalue weighted by molar-refractivity contribution is 7.89. The zero-order valence-electron chi connectivity index (χ0n) is 16.9. The second-order valence-electron chi connectivity index (χ2n) is 7.07. The van der Waals surface area contributed by atoms with Gasteiger partial charge in [0.2, 0.25) is 15.5 Å². The molecule has 0 aliphatic heterocycles. The third-order valence-electron chi connectivity index (χ3n) is 4.85. The van der Waals surface area contributed by atoms with Crippen molar-refractivity contribution in [1.82, 2.24) is 15.0 Å². The third kappa shape index (κ3) is 4.98. The molecule has 0 spiro atoms. The maximum absolute atomic E-state index is 14.6. The summed E-state index contributed by atoms with van der Waals surface area (Å²) in [6.07, 6.45) is 2.48. The molecule has 0 aliphatic carbocycles. The van der Waals surface area contributed by atoms with E-state index in [0.29, 0.717) is 10.8 Å². The smallest absolute Gasteiger partial charge is 0.257 e. The number of aromatic nitrogens is 1. The second-order valence-corrected chi connectivity index (χ2v) is 9.28. The van der Waals surface area contributed by atoms with E-state index in [-0.39, 0.29) is 29.6 Å². The first-order chi connectivity index (χ1) is 15.7. The fourth-order valence-corrected chi connectivity index (χ4v) is 4.29. The van der Waals surface area contributed by atoms with Crippen LogP contribution in [0.25, 0.3) is 10.9 Å². The van der Waals surface area contributed by atoms with Crippen molar-refractivity contribution in [2.45, 2.75) is 18.0 Å². The number of sulfonamides is 1. The van der Waals surface area contributed by atoms with Gasteiger partial charge < -0.3 is 14.7 Å². The van der Waals surface area contributed by atoms with Crippen molar-refractivity contribution < 1.29 is 22.0 Å². The molecule has 3 N–H and O–H groups in total. The number of hydrogen-bond acceptors (Lipinski definition) is 5. The average Bonchev–Trinajstić information content (AvgIpc) is 3.31. The third-order valence-corrected chi connectivity index (χ3v) is 6.48. The fourth-order valence-electron chi connectivity index (χ4n) is 3.13. The molecule has 4 aromatic rings. The van der Waals surface area contributed by atoms with E-state index in [2.05, 4.69) is 15.0 Å². The molecule has 0 saturated heterocycles. The molecule has 2 aromatic carbocycles. The van der Waals surface area contributed by atoms with Gasteiger partial charge in [-0.1, -0.05) is 23.7 Å². The number of H-pyrrole nitrogens is 1. The Morgan fingerprint density at radius 2 is 1.88 bits per heavy atom. The van der Waals surface area contributed by atoms with Crippen LogP contribution >= 0.6 is 11.6 Å². The Hall–Kier alpha value is -3.47. The molecule has 0 radical (unpaired) electrons. The highest BCUT2D eigenvalue weighted by Gasteiger charge is 2.21. The maximum atomic E-state index is 14.6. The van der Waals surface area contributed by atoms with Crippen LogP contribution < -0.4 is 15.5 Å². The predicted octanol–water partition coefficient (Wildman–Crippen LogP) is 3.32. The summed E-state index contributed by atoms with van der Waals surface area (Å²) >= 11 is 5.83. The molecule has 33 heavy (non-hydrogen) atoms. The standard InChI is InChI=1S/C22H17ClFN3O5S/c23-14-5-3-13(4-6-14)10-26-22(29)18-12-25-20-17(21(18)28)8-16(9-19(20)24)33(30,31)27-11-15-2-1-7-32-15/h1-9,12,27H,10-11H2,(H,25,28)(H,26,29). The Kier molecular flexibility index (Phi) is 6.32. The van der Waals surface area contributed by atoms with Gasteiger partial charge in [0.15, 0.2) is 0 Å². The molecule has 11 heteroatoms. The molecule has 4 rings (SSSR count). The van der Waals surface area contributed by atoms with Crippen LogP contribution in [0, 0.1) is 5.82 Å². The van der Waals surface area contributed by atoms with Crippen molar-refractivity contribution in [1.29, 1.82) is 0 Å². The Bertz CT molecular complexity index is 1480. The number of carbonyl (C=O) groups excluding carboxylic acids is 1. The zero-order valence-corrected chi connectivity index (χ0v) is 18.5. The van der Waals surface area contributed by atoms with E-state index in [1.54, 1.807) is 36.4 Å². The van der Waals surface area contributed by atoms with Crippen molar-refractivity contribution in [3.05, 3.63) is 98.9 Å². The van der Waals surface area contributed by atoms with E-state index >= 15 is 0 Å². The highest BCUT2D eigenvalue weighted by Crippen LogP contribution is 2.20. The molecule has 2 aromatic heterocycles. The molecule has 0 atom stereocenters. The van der Waals surface area contributed by atoms with Gasteiger partial charge >= 0.3 is 0 Å². The SMILES string of the molecule is O=C(NCc1ccc(Cl)cc1)c1c[nH]c2c(F)cc(S(=O)(=O)NCc3ccco3)cc2c1=O. The summed E-state index contributed by atoms with van der Waals surface area (Å²) in [4.78, 5) is 27.6. The molecule has 170 valence electrons. The van der Waals surface area contributed by atoms with E-state index in [1.165, 1.54) is 6.26 Å². The van der Waals surface area contributed by atoms with Crippen LogP contribution in [0.5, 0.6) is 0 Å². The van der Waals surface area contributed by atoms with Crippen LogP contribution in [0.3, 0.4) is 0 Å². The number of aromatic amines is 1. The van der Waals surface area contributed by atoms with Gasteiger partial charge in [-0.25, -0.2) is 17.5 Å². The summed E-state index contributed by atoms with van der Waals surface area (Å²) in [5.74, 6) is -1.29. The van der Waals surface area contributed by atoms with Gasteiger partial charge in [-0.05, 0) is 42.0 Å². The Morgan fingerprint density at radius 1 is 1.12 bits per heavy atom. The number of rotatable bonds is 7. The van der Waals surface area contributed by atoms with E-state index < -0.39 is 32.1 Å². The van der Waals surface area contributed by atoms with Gasteiger partial charge in [-0.3, -0.25) is 9.59 Å². The van der Waals surface area contributed by atoms with E-state index in [1.807, 2.05) is 0 Å². The molecule has 0 saturated carbocycles. The van der Waals surface area contributed by atoms with Crippen LogP contribution in [0.1, 0.15) is 21.7 Å². The first-order valence-electron chi connectivity index (χ1n) is 9.64. The summed E-state index contributed by atoms with van der Waals surface area (Å²) in [6.45, 7) is -0.0224. The van der Waals surface area contributed by atoms with Gasteiger partial charge in [0, 0.05) is 17.8 Å². The van der Waals surface area contributed by atoms with Gasteiger partial charge in [-0.15, -0.1) is 0 Å². The predicted molar refractivity (Wildman–Crippen MR) is 120 cm³/mol. The summed E-state index contributed by atoms with van der Waals surface area (Å²) < 4.78 is 47.2. The lowest BCUT2D eigenvalue weighted by molar-refractivity contribution is 0.0949. The van der Waals surface area contributed by atoms with Gasteiger partial charge in [0.1, 0.15) is 17.1 Å². The number of benzene rings is 2. The molecule has 0 fully saturated rings. The normalized spacial score (nSPS) is 11.6. The zero-order chi connectivity index (χ0) is 23.6. The van der Waals surface area contributed by atoms with E-state index in [0.717, 1.165) is 23.9 Å². The summed E-state index contributed by atoms with van der Waals surface area (Å²) in [6, 6.07) is 11.8. The number of nitrogens with one attached hydrogen (secondary N) is 3. The van der Waals surface area contributed by atoms with Crippen molar-refractivity contribution in [2.75, 3.05) is 0 Å². The minimum absolute atomic E-state index is 0.132. The fraction of sp³-hybridized carbons (Fsp3) is 0.0909. The molecular weight excluding hydrogens is 473 g/mol. The topological polar surface area (TPSA) is 121 Å².